The summed E-state index contributed by atoms with van der Waals surface area (Å²) in [5.41, 5.74) is 5.08. The Bertz CT molecular complexity index is 1140. The first-order valence-electron chi connectivity index (χ1n) is 9.76. The van der Waals surface area contributed by atoms with Gasteiger partial charge in [0.05, 0.1) is 18.7 Å². The van der Waals surface area contributed by atoms with Gasteiger partial charge in [-0.2, -0.15) is 0 Å². The van der Waals surface area contributed by atoms with Gasteiger partial charge in [-0.3, -0.25) is 4.79 Å². The Balaban J connectivity index is 1.98. The Labute approximate surface area is 181 Å². The quantitative estimate of drug-likeness (QED) is 0.458. The van der Waals surface area contributed by atoms with Crippen LogP contribution in [0.3, 0.4) is 0 Å². The molecule has 0 radical (unpaired) electrons. The number of fused-ring (bicyclic) bond motifs is 1. The number of hydrogen-bond donors (Lipinski definition) is 1. The van der Waals surface area contributed by atoms with Crippen LogP contribution in [0.5, 0.6) is 11.5 Å². The van der Waals surface area contributed by atoms with Gasteiger partial charge >= 0.3 is 0 Å². The summed E-state index contributed by atoms with van der Waals surface area (Å²) >= 11 is 6.14. The van der Waals surface area contributed by atoms with Crippen molar-refractivity contribution < 1.29 is 18.7 Å². The Morgan fingerprint density at radius 2 is 1.93 bits per heavy atom. The smallest absolute Gasteiger partial charge is 0.248 e. The molecule has 3 aromatic rings. The third-order valence-corrected chi connectivity index (χ3v) is 5.42. The maximum Gasteiger partial charge on any atom is 0.248 e. The van der Waals surface area contributed by atoms with E-state index in [1.165, 1.54) is 0 Å². The van der Waals surface area contributed by atoms with Gasteiger partial charge in [0.25, 0.3) is 0 Å². The minimum absolute atomic E-state index is 0.256. The zero-order chi connectivity index (χ0) is 22.0. The summed E-state index contributed by atoms with van der Waals surface area (Å²) in [5.74, 6) is 1.91. The predicted molar refractivity (Wildman–Crippen MR) is 122 cm³/mol. The molecule has 0 unspecified atom stereocenters. The fourth-order valence-corrected chi connectivity index (χ4v) is 3.69. The Kier molecular flexibility index (Phi) is 6.42. The van der Waals surface area contributed by atoms with Gasteiger partial charge < -0.3 is 19.2 Å². The van der Waals surface area contributed by atoms with Gasteiger partial charge in [-0.05, 0) is 70.0 Å². The third kappa shape index (κ3) is 4.17. The molecule has 0 aliphatic carbocycles. The third-order valence-electron chi connectivity index (χ3n) is 5.13. The molecule has 1 heterocycles. The van der Waals surface area contributed by atoms with E-state index in [1.54, 1.807) is 31.4 Å². The molecule has 158 valence electrons. The summed E-state index contributed by atoms with van der Waals surface area (Å²) in [6.07, 6.45) is 1.56. The molecule has 1 amide bonds. The Morgan fingerprint density at radius 3 is 2.57 bits per heavy atom. The number of methoxy groups -OCH3 is 1. The first-order valence-corrected chi connectivity index (χ1v) is 10.1. The van der Waals surface area contributed by atoms with Gasteiger partial charge in [0.1, 0.15) is 22.8 Å². The molecule has 0 aliphatic heterocycles. The summed E-state index contributed by atoms with van der Waals surface area (Å²) < 4.78 is 17.0. The SMILES string of the molecule is CCOc1c(/C(C)=C/C(=O)Nc2ccc(OC)c(Cl)c2)cc2c(C)c(C)oc2c1C. The largest absolute Gasteiger partial charge is 0.495 e. The zero-order valence-corrected chi connectivity index (χ0v) is 18.9. The van der Waals surface area contributed by atoms with E-state index in [0.717, 1.165) is 44.7 Å². The number of carbonyl (C=O) groups excluding carboxylic acids is 1. The number of nitrogens with one attached hydrogen (secondary N) is 1. The van der Waals surface area contributed by atoms with Crippen molar-refractivity contribution in [3.05, 3.63) is 57.8 Å². The highest BCUT2D eigenvalue weighted by atomic mass is 35.5. The van der Waals surface area contributed by atoms with E-state index in [1.807, 2.05) is 40.7 Å². The summed E-state index contributed by atoms with van der Waals surface area (Å²) in [6.45, 7) is 10.3. The zero-order valence-electron chi connectivity index (χ0n) is 18.1. The van der Waals surface area contributed by atoms with Crippen LogP contribution in [-0.2, 0) is 4.79 Å². The minimum atomic E-state index is -0.256. The average molecular weight is 428 g/mol. The number of amides is 1. The molecule has 0 atom stereocenters. The van der Waals surface area contributed by atoms with Crippen molar-refractivity contribution >= 4 is 39.7 Å². The number of hydrogen-bond acceptors (Lipinski definition) is 4. The summed E-state index contributed by atoms with van der Waals surface area (Å²) in [4.78, 5) is 12.6. The van der Waals surface area contributed by atoms with E-state index >= 15 is 0 Å². The lowest BCUT2D eigenvalue weighted by atomic mass is 9.98. The summed E-state index contributed by atoms with van der Waals surface area (Å²) in [7, 11) is 1.55. The predicted octanol–water partition coefficient (Wildman–Crippen LogP) is 6.46. The van der Waals surface area contributed by atoms with Gasteiger partial charge in [-0.15, -0.1) is 0 Å². The average Bonchev–Trinajstić information content (AvgIpc) is 2.98. The topological polar surface area (TPSA) is 60.7 Å². The standard InChI is InChI=1S/C24H26ClNO4/c1-7-29-23-15(4)24-19(14(3)16(5)30-24)12-18(23)13(2)10-22(27)26-17-8-9-21(28-6)20(25)11-17/h8-12H,7H2,1-6H3,(H,26,27)/b13-10+. The van der Waals surface area contributed by atoms with Crippen molar-refractivity contribution in [3.63, 3.8) is 0 Å². The van der Waals surface area contributed by atoms with Gasteiger partial charge in [0.15, 0.2) is 0 Å². The fraction of sp³-hybridized carbons (Fsp3) is 0.292. The number of anilines is 1. The minimum Gasteiger partial charge on any atom is -0.495 e. The van der Waals surface area contributed by atoms with E-state index in [2.05, 4.69) is 5.32 Å². The number of rotatable bonds is 6. The first-order chi connectivity index (χ1) is 14.3. The lowest BCUT2D eigenvalue weighted by molar-refractivity contribution is -0.111. The van der Waals surface area contributed by atoms with Crippen LogP contribution in [0.2, 0.25) is 5.02 Å². The second-order valence-electron chi connectivity index (χ2n) is 7.14. The normalized spacial score (nSPS) is 11.6. The van der Waals surface area contributed by atoms with Gasteiger partial charge in [-0.1, -0.05) is 11.6 Å². The van der Waals surface area contributed by atoms with Crippen LogP contribution in [0.1, 0.15) is 36.3 Å². The van der Waals surface area contributed by atoms with Crippen molar-refractivity contribution in [2.24, 2.45) is 0 Å². The van der Waals surface area contributed by atoms with Crippen LogP contribution < -0.4 is 14.8 Å². The molecule has 5 nitrogen and oxygen atoms in total. The Morgan fingerprint density at radius 1 is 1.20 bits per heavy atom. The molecule has 0 saturated carbocycles. The molecular weight excluding hydrogens is 402 g/mol. The van der Waals surface area contributed by atoms with Crippen LogP contribution >= 0.6 is 11.6 Å². The second kappa shape index (κ2) is 8.84. The lowest BCUT2D eigenvalue weighted by Crippen LogP contribution is -2.09. The number of benzene rings is 2. The van der Waals surface area contributed by atoms with Crippen LogP contribution in [-0.4, -0.2) is 19.6 Å². The van der Waals surface area contributed by atoms with Crippen molar-refractivity contribution in [1.82, 2.24) is 0 Å². The van der Waals surface area contributed by atoms with E-state index in [-0.39, 0.29) is 5.91 Å². The number of ether oxygens (including phenoxy) is 2. The monoisotopic (exact) mass is 427 g/mol. The molecule has 0 aliphatic rings. The Hall–Kier alpha value is -2.92. The van der Waals surface area contributed by atoms with Crippen molar-refractivity contribution in [3.8, 4) is 11.5 Å². The molecule has 2 aromatic carbocycles. The number of halogens is 1. The van der Waals surface area contributed by atoms with Gasteiger partial charge in [-0.25, -0.2) is 0 Å². The van der Waals surface area contributed by atoms with Crippen LogP contribution in [0.15, 0.2) is 34.8 Å². The lowest BCUT2D eigenvalue weighted by Gasteiger charge is -2.14. The number of aryl methyl sites for hydroxylation is 3. The molecule has 0 spiro atoms. The molecule has 30 heavy (non-hydrogen) atoms. The number of furan rings is 1. The van der Waals surface area contributed by atoms with Crippen molar-refractivity contribution in [1.29, 1.82) is 0 Å². The maximum absolute atomic E-state index is 12.6. The molecule has 3 rings (SSSR count). The summed E-state index contributed by atoms with van der Waals surface area (Å²) in [5, 5.41) is 4.30. The molecular formula is C24H26ClNO4. The highest BCUT2D eigenvalue weighted by Gasteiger charge is 2.19. The van der Waals surface area contributed by atoms with E-state index in [0.29, 0.717) is 23.1 Å². The molecule has 1 N–H and O–H groups in total. The first kappa shape index (κ1) is 21.8. The maximum atomic E-state index is 12.6. The number of allylic oxidation sites excluding steroid dienone is 1. The highest BCUT2D eigenvalue weighted by molar-refractivity contribution is 6.32. The second-order valence-corrected chi connectivity index (χ2v) is 7.54. The molecule has 0 bridgehead atoms. The molecule has 1 aromatic heterocycles. The van der Waals surface area contributed by atoms with E-state index in [9.17, 15) is 4.79 Å². The molecule has 6 heteroatoms. The van der Waals surface area contributed by atoms with Crippen LogP contribution in [0.4, 0.5) is 5.69 Å². The fourth-order valence-electron chi connectivity index (χ4n) is 3.43. The molecule has 0 fully saturated rings. The van der Waals surface area contributed by atoms with Crippen LogP contribution in [0.25, 0.3) is 16.5 Å². The van der Waals surface area contributed by atoms with Crippen molar-refractivity contribution in [2.45, 2.75) is 34.6 Å². The van der Waals surface area contributed by atoms with Crippen LogP contribution in [0, 0.1) is 20.8 Å². The van der Waals surface area contributed by atoms with Gasteiger partial charge in [0, 0.05) is 28.3 Å². The highest BCUT2D eigenvalue weighted by Crippen LogP contribution is 2.39. The van der Waals surface area contributed by atoms with Gasteiger partial charge in [0.2, 0.25) is 5.91 Å². The van der Waals surface area contributed by atoms with E-state index in [4.69, 9.17) is 25.5 Å². The van der Waals surface area contributed by atoms with E-state index < -0.39 is 0 Å². The summed E-state index contributed by atoms with van der Waals surface area (Å²) in [6, 6.07) is 7.14. The molecule has 0 saturated heterocycles. The number of carbonyl (C=O) groups is 1. The van der Waals surface area contributed by atoms with Crippen molar-refractivity contribution in [2.75, 3.05) is 19.0 Å².